The Hall–Kier alpha value is -4.00. The lowest BCUT2D eigenvalue weighted by atomic mass is 10.0. The quantitative estimate of drug-likeness (QED) is 0.521. The fraction of sp³-hybridized carbons (Fsp3) is 0.250. The van der Waals surface area contributed by atoms with E-state index in [-0.39, 0.29) is 24.0 Å². The van der Waals surface area contributed by atoms with Crippen molar-refractivity contribution in [3.05, 3.63) is 101 Å². The number of ketones is 1. The predicted molar refractivity (Wildman–Crippen MR) is 133 cm³/mol. The first-order chi connectivity index (χ1) is 16.9. The van der Waals surface area contributed by atoms with Gasteiger partial charge in [0.2, 0.25) is 5.91 Å². The number of halogens is 1. The number of carbonyl (C=O) groups is 3. The second-order valence-corrected chi connectivity index (χ2v) is 8.60. The van der Waals surface area contributed by atoms with Crippen LogP contribution in [0.25, 0.3) is 0 Å². The number of Topliss-reactive ketones (excluding diaryl/α,β-unsaturated/α-hetero) is 1. The number of hydrogen-bond donors (Lipinski definition) is 1. The van der Waals surface area contributed by atoms with Crippen LogP contribution in [0.3, 0.4) is 0 Å². The van der Waals surface area contributed by atoms with E-state index < -0.39 is 11.9 Å². The maximum atomic E-state index is 14.6. The molecule has 0 aliphatic carbocycles. The van der Waals surface area contributed by atoms with Crippen LogP contribution in [-0.2, 0) is 4.79 Å². The number of amides is 2. The summed E-state index contributed by atoms with van der Waals surface area (Å²) in [7, 11) is 0. The molecule has 1 heterocycles. The van der Waals surface area contributed by atoms with Gasteiger partial charge in [0.05, 0.1) is 18.2 Å². The van der Waals surface area contributed by atoms with Gasteiger partial charge in [-0.1, -0.05) is 48.5 Å². The van der Waals surface area contributed by atoms with Crippen LogP contribution in [0.15, 0.2) is 78.9 Å². The summed E-state index contributed by atoms with van der Waals surface area (Å²) in [4.78, 5) is 41.1. The van der Waals surface area contributed by atoms with Gasteiger partial charge in [-0.3, -0.25) is 14.4 Å². The van der Waals surface area contributed by atoms with Gasteiger partial charge in [0, 0.05) is 37.3 Å². The second-order valence-electron chi connectivity index (χ2n) is 8.60. The molecule has 0 bridgehead atoms. The molecule has 1 aliphatic rings. The predicted octanol–water partition coefficient (Wildman–Crippen LogP) is 4.24. The molecule has 0 saturated carbocycles. The minimum absolute atomic E-state index is 0.0701. The van der Waals surface area contributed by atoms with Crippen LogP contribution in [0.5, 0.6) is 0 Å². The smallest absolute Gasteiger partial charge is 0.251 e. The van der Waals surface area contributed by atoms with E-state index in [0.717, 1.165) is 5.56 Å². The lowest BCUT2D eigenvalue weighted by Gasteiger charge is -2.37. The number of nitrogens with one attached hydrogen (secondary N) is 1. The van der Waals surface area contributed by atoms with E-state index in [0.29, 0.717) is 43.0 Å². The van der Waals surface area contributed by atoms with Crippen molar-refractivity contribution >= 4 is 23.3 Å². The van der Waals surface area contributed by atoms with Gasteiger partial charge in [-0.2, -0.15) is 0 Å². The molecule has 180 valence electrons. The van der Waals surface area contributed by atoms with Crippen LogP contribution in [0.1, 0.15) is 45.7 Å². The molecule has 3 aromatic rings. The van der Waals surface area contributed by atoms with Crippen LogP contribution in [-0.4, -0.2) is 48.7 Å². The summed E-state index contributed by atoms with van der Waals surface area (Å²) >= 11 is 0. The molecular weight excluding hydrogens is 445 g/mol. The van der Waals surface area contributed by atoms with Crippen molar-refractivity contribution in [2.24, 2.45) is 0 Å². The second kappa shape index (κ2) is 11.0. The van der Waals surface area contributed by atoms with Crippen LogP contribution in [0.4, 0.5) is 10.1 Å². The monoisotopic (exact) mass is 473 g/mol. The van der Waals surface area contributed by atoms with Crippen molar-refractivity contribution in [3.63, 3.8) is 0 Å². The van der Waals surface area contributed by atoms with Gasteiger partial charge in [0.25, 0.3) is 5.91 Å². The zero-order chi connectivity index (χ0) is 24.8. The molecular formula is C28H28FN3O3. The van der Waals surface area contributed by atoms with E-state index in [2.05, 4.69) is 5.32 Å². The molecule has 4 rings (SSSR count). The molecule has 0 unspecified atom stereocenters. The van der Waals surface area contributed by atoms with Gasteiger partial charge < -0.3 is 15.1 Å². The lowest BCUT2D eigenvalue weighted by Crippen LogP contribution is -2.49. The highest BCUT2D eigenvalue weighted by Gasteiger charge is 2.26. The first-order valence-electron chi connectivity index (χ1n) is 11.7. The van der Waals surface area contributed by atoms with E-state index in [4.69, 9.17) is 0 Å². The Morgan fingerprint density at radius 2 is 1.49 bits per heavy atom. The minimum Gasteiger partial charge on any atom is -0.366 e. The molecule has 6 nitrogen and oxygen atoms in total. The van der Waals surface area contributed by atoms with Gasteiger partial charge >= 0.3 is 0 Å². The highest BCUT2D eigenvalue weighted by molar-refractivity contribution is 5.95. The third-order valence-corrected chi connectivity index (χ3v) is 6.25. The molecule has 1 aliphatic heterocycles. The van der Waals surface area contributed by atoms with Gasteiger partial charge in [0.15, 0.2) is 5.78 Å². The SMILES string of the molecule is CC(=O)c1ccc(N2CCN(C(=O)C[C@H](NC(=O)c3ccccc3)c3ccccc3)CC2)c(F)c1. The van der Waals surface area contributed by atoms with Crippen LogP contribution < -0.4 is 10.2 Å². The molecule has 3 aromatic carbocycles. The van der Waals surface area contributed by atoms with E-state index in [1.54, 1.807) is 41.3 Å². The number of piperazine rings is 1. The van der Waals surface area contributed by atoms with Crippen molar-refractivity contribution in [2.45, 2.75) is 19.4 Å². The number of rotatable bonds is 7. The zero-order valence-electron chi connectivity index (χ0n) is 19.6. The summed E-state index contributed by atoms with van der Waals surface area (Å²) in [5.41, 5.74) is 2.16. The summed E-state index contributed by atoms with van der Waals surface area (Å²) in [6, 6.07) is 22.4. The molecule has 1 fully saturated rings. The average molecular weight is 474 g/mol. The Bertz CT molecular complexity index is 1190. The van der Waals surface area contributed by atoms with Gasteiger partial charge in [-0.15, -0.1) is 0 Å². The van der Waals surface area contributed by atoms with Gasteiger partial charge in [0.1, 0.15) is 5.82 Å². The fourth-order valence-electron chi connectivity index (χ4n) is 4.25. The first kappa shape index (κ1) is 24.1. The zero-order valence-corrected chi connectivity index (χ0v) is 19.6. The summed E-state index contributed by atoms with van der Waals surface area (Å²) in [6.07, 6.45) is 0.129. The number of nitrogens with zero attached hydrogens (tertiary/aromatic N) is 2. The van der Waals surface area contributed by atoms with Gasteiger partial charge in [-0.05, 0) is 42.8 Å². The molecule has 0 spiro atoms. The minimum atomic E-state index is -0.467. The molecule has 0 aromatic heterocycles. The van der Waals surface area contributed by atoms with Crippen molar-refractivity contribution in [2.75, 3.05) is 31.1 Å². The number of hydrogen-bond acceptors (Lipinski definition) is 4. The van der Waals surface area contributed by atoms with E-state index in [1.165, 1.54) is 13.0 Å². The lowest BCUT2D eigenvalue weighted by molar-refractivity contribution is -0.132. The Morgan fingerprint density at radius 1 is 0.857 bits per heavy atom. The molecule has 7 heteroatoms. The van der Waals surface area contributed by atoms with E-state index in [1.807, 2.05) is 41.3 Å². The average Bonchev–Trinajstić information content (AvgIpc) is 2.89. The summed E-state index contributed by atoms with van der Waals surface area (Å²) < 4.78 is 14.6. The Morgan fingerprint density at radius 3 is 2.09 bits per heavy atom. The summed E-state index contributed by atoms with van der Waals surface area (Å²) in [6.45, 7) is 3.26. The molecule has 1 N–H and O–H groups in total. The highest BCUT2D eigenvalue weighted by atomic mass is 19.1. The maximum absolute atomic E-state index is 14.6. The fourth-order valence-corrected chi connectivity index (χ4v) is 4.25. The standard InChI is InChI=1S/C28H28FN3O3/c1-20(33)23-12-13-26(24(29)18-23)31-14-16-32(17-15-31)27(34)19-25(21-8-4-2-5-9-21)30-28(35)22-10-6-3-7-11-22/h2-13,18,25H,14-17,19H2,1H3,(H,30,35)/t25-/m0/s1. The molecule has 35 heavy (non-hydrogen) atoms. The third-order valence-electron chi connectivity index (χ3n) is 6.25. The number of carbonyl (C=O) groups excluding carboxylic acids is 3. The molecule has 2 amide bonds. The largest absolute Gasteiger partial charge is 0.366 e. The van der Waals surface area contributed by atoms with Crippen LogP contribution >= 0.6 is 0 Å². The Kier molecular flexibility index (Phi) is 7.55. The van der Waals surface area contributed by atoms with Gasteiger partial charge in [-0.25, -0.2) is 4.39 Å². The summed E-state index contributed by atoms with van der Waals surface area (Å²) in [5.74, 6) is -0.927. The van der Waals surface area contributed by atoms with E-state index in [9.17, 15) is 18.8 Å². The number of benzene rings is 3. The normalized spacial score (nSPS) is 14.3. The third kappa shape index (κ3) is 5.93. The Labute approximate surface area is 204 Å². The number of anilines is 1. The summed E-state index contributed by atoms with van der Waals surface area (Å²) in [5, 5.41) is 3.00. The highest BCUT2D eigenvalue weighted by Crippen LogP contribution is 2.24. The van der Waals surface area contributed by atoms with Crippen LogP contribution in [0, 0.1) is 5.82 Å². The first-order valence-corrected chi connectivity index (χ1v) is 11.7. The maximum Gasteiger partial charge on any atom is 0.251 e. The van der Waals surface area contributed by atoms with Crippen molar-refractivity contribution in [1.29, 1.82) is 0 Å². The topological polar surface area (TPSA) is 69.7 Å². The molecule has 1 saturated heterocycles. The Balaban J connectivity index is 1.41. The molecule has 0 radical (unpaired) electrons. The van der Waals surface area contributed by atoms with Crippen molar-refractivity contribution in [1.82, 2.24) is 10.2 Å². The van der Waals surface area contributed by atoms with E-state index >= 15 is 0 Å². The van der Waals surface area contributed by atoms with Crippen molar-refractivity contribution in [3.8, 4) is 0 Å². The van der Waals surface area contributed by atoms with Crippen molar-refractivity contribution < 1.29 is 18.8 Å². The molecule has 1 atom stereocenters. The van der Waals surface area contributed by atoms with Crippen LogP contribution in [0.2, 0.25) is 0 Å².